The van der Waals surface area contributed by atoms with E-state index in [0.717, 1.165) is 32.1 Å². The van der Waals surface area contributed by atoms with Crippen molar-refractivity contribution in [2.24, 2.45) is 5.73 Å². The maximum absolute atomic E-state index is 12.2. The largest absolute Gasteiger partial charge is 0.465 e. The Kier molecular flexibility index (Phi) is 4.06. The van der Waals surface area contributed by atoms with Crippen molar-refractivity contribution in [2.75, 3.05) is 19.6 Å². The van der Waals surface area contributed by atoms with Crippen molar-refractivity contribution in [1.29, 1.82) is 0 Å². The predicted molar refractivity (Wildman–Crippen MR) is 66.2 cm³/mol. The highest BCUT2D eigenvalue weighted by atomic mass is 16.4. The smallest absolute Gasteiger partial charge is 0.407 e. The van der Waals surface area contributed by atoms with E-state index in [-0.39, 0.29) is 11.9 Å². The summed E-state index contributed by atoms with van der Waals surface area (Å²) in [4.78, 5) is 26.4. The maximum Gasteiger partial charge on any atom is 0.407 e. The van der Waals surface area contributed by atoms with Gasteiger partial charge in [-0.15, -0.1) is 0 Å². The third-order valence-electron chi connectivity index (χ3n) is 3.87. The third kappa shape index (κ3) is 2.75. The molecule has 2 amide bonds. The molecule has 2 saturated heterocycles. The van der Waals surface area contributed by atoms with Gasteiger partial charge in [-0.2, -0.15) is 0 Å². The number of amides is 2. The minimum atomic E-state index is -0.897. The number of piperidine rings is 1. The van der Waals surface area contributed by atoms with E-state index >= 15 is 0 Å². The van der Waals surface area contributed by atoms with Gasteiger partial charge in [0.25, 0.3) is 0 Å². The zero-order valence-corrected chi connectivity index (χ0v) is 10.5. The first-order valence-corrected chi connectivity index (χ1v) is 6.63. The van der Waals surface area contributed by atoms with E-state index < -0.39 is 12.1 Å². The average molecular weight is 255 g/mol. The Balaban J connectivity index is 2.04. The van der Waals surface area contributed by atoms with Crippen LogP contribution in [0, 0.1) is 0 Å². The highest BCUT2D eigenvalue weighted by Gasteiger charge is 2.33. The molecule has 0 bridgehead atoms. The Labute approximate surface area is 107 Å². The highest BCUT2D eigenvalue weighted by Crippen LogP contribution is 2.20. The second-order valence-electron chi connectivity index (χ2n) is 5.16. The predicted octanol–water partition coefficient (Wildman–Crippen LogP) is 0.469. The minimum Gasteiger partial charge on any atom is -0.465 e. The quantitative estimate of drug-likeness (QED) is 0.713. The molecule has 0 aliphatic carbocycles. The van der Waals surface area contributed by atoms with E-state index in [9.17, 15) is 9.59 Å². The van der Waals surface area contributed by atoms with Crippen molar-refractivity contribution >= 4 is 12.0 Å². The number of nitrogens with two attached hydrogens (primary N) is 1. The van der Waals surface area contributed by atoms with Gasteiger partial charge in [0.05, 0.1) is 6.04 Å². The lowest BCUT2D eigenvalue weighted by Crippen LogP contribution is -2.54. The van der Waals surface area contributed by atoms with Crippen LogP contribution in [0.25, 0.3) is 0 Å². The molecule has 6 heteroatoms. The van der Waals surface area contributed by atoms with E-state index in [4.69, 9.17) is 10.8 Å². The summed E-state index contributed by atoms with van der Waals surface area (Å²) in [5.74, 6) is -0.00950. The number of carbonyl (C=O) groups excluding carboxylic acids is 1. The van der Waals surface area contributed by atoms with Gasteiger partial charge in [-0.1, -0.05) is 0 Å². The fourth-order valence-electron chi connectivity index (χ4n) is 2.84. The summed E-state index contributed by atoms with van der Waals surface area (Å²) in [5.41, 5.74) is 5.85. The molecule has 3 N–H and O–H groups in total. The molecule has 0 aromatic heterocycles. The van der Waals surface area contributed by atoms with Gasteiger partial charge in [0.1, 0.15) is 0 Å². The van der Waals surface area contributed by atoms with Crippen LogP contribution in [-0.2, 0) is 4.79 Å². The summed E-state index contributed by atoms with van der Waals surface area (Å²) < 4.78 is 0. The first-order chi connectivity index (χ1) is 8.59. The topological polar surface area (TPSA) is 86.9 Å². The summed E-state index contributed by atoms with van der Waals surface area (Å²) in [6, 6.07) is -0.404. The lowest BCUT2D eigenvalue weighted by atomic mass is 10.0. The molecular weight excluding hydrogens is 234 g/mol. The van der Waals surface area contributed by atoms with Crippen LogP contribution in [0.1, 0.15) is 32.1 Å². The first-order valence-electron chi connectivity index (χ1n) is 6.63. The first kappa shape index (κ1) is 13.1. The van der Waals surface area contributed by atoms with Crippen LogP contribution < -0.4 is 5.73 Å². The minimum absolute atomic E-state index is 0.00602. The second kappa shape index (κ2) is 5.56. The van der Waals surface area contributed by atoms with Crippen molar-refractivity contribution in [3.63, 3.8) is 0 Å². The summed E-state index contributed by atoms with van der Waals surface area (Å²) >= 11 is 0. The van der Waals surface area contributed by atoms with Crippen LogP contribution in [0.5, 0.6) is 0 Å². The van der Waals surface area contributed by atoms with E-state index in [1.165, 1.54) is 4.90 Å². The van der Waals surface area contributed by atoms with Crippen LogP contribution in [0.15, 0.2) is 0 Å². The van der Waals surface area contributed by atoms with Crippen LogP contribution in [0.2, 0.25) is 0 Å². The van der Waals surface area contributed by atoms with Crippen LogP contribution >= 0.6 is 0 Å². The van der Waals surface area contributed by atoms with Crippen molar-refractivity contribution in [3.05, 3.63) is 0 Å². The summed E-state index contributed by atoms with van der Waals surface area (Å²) in [7, 11) is 0. The molecule has 2 aliphatic rings. The monoisotopic (exact) mass is 255 g/mol. The molecule has 2 aliphatic heterocycles. The number of rotatable bonds is 1. The Morgan fingerprint density at radius 2 is 2.00 bits per heavy atom. The fourth-order valence-corrected chi connectivity index (χ4v) is 2.84. The zero-order valence-electron chi connectivity index (χ0n) is 10.5. The number of carbonyl (C=O) groups is 2. The molecule has 2 atom stereocenters. The lowest BCUT2D eigenvalue weighted by molar-refractivity contribution is -0.135. The maximum atomic E-state index is 12.2. The zero-order chi connectivity index (χ0) is 13.1. The molecule has 2 rings (SSSR count). The Morgan fingerprint density at radius 3 is 2.72 bits per heavy atom. The molecule has 2 fully saturated rings. The van der Waals surface area contributed by atoms with Gasteiger partial charge in [0, 0.05) is 25.7 Å². The Morgan fingerprint density at radius 1 is 1.22 bits per heavy atom. The number of hydrogen-bond acceptors (Lipinski definition) is 3. The molecular formula is C12H21N3O3. The van der Waals surface area contributed by atoms with Crippen LogP contribution in [0.4, 0.5) is 4.79 Å². The molecule has 6 nitrogen and oxygen atoms in total. The van der Waals surface area contributed by atoms with E-state index in [2.05, 4.69) is 0 Å². The van der Waals surface area contributed by atoms with Gasteiger partial charge in [0.15, 0.2) is 0 Å². The molecule has 102 valence electrons. The third-order valence-corrected chi connectivity index (χ3v) is 3.87. The normalized spacial score (nSPS) is 30.2. The van der Waals surface area contributed by atoms with Crippen molar-refractivity contribution < 1.29 is 14.7 Å². The van der Waals surface area contributed by atoms with Crippen molar-refractivity contribution in [3.8, 4) is 0 Å². The lowest BCUT2D eigenvalue weighted by Gasteiger charge is -2.38. The molecule has 0 saturated carbocycles. The molecule has 0 aromatic carbocycles. The number of nitrogens with zero attached hydrogens (tertiary/aromatic N) is 2. The van der Waals surface area contributed by atoms with E-state index in [1.54, 1.807) is 0 Å². The summed E-state index contributed by atoms with van der Waals surface area (Å²) in [6.45, 7) is 1.71. The van der Waals surface area contributed by atoms with Gasteiger partial charge < -0.3 is 20.6 Å². The highest BCUT2D eigenvalue weighted by molar-refractivity contribution is 5.82. The average Bonchev–Trinajstić information content (AvgIpc) is 2.53. The Hall–Kier alpha value is -1.30. The molecule has 0 radical (unpaired) electrons. The molecule has 2 heterocycles. The molecule has 0 spiro atoms. The van der Waals surface area contributed by atoms with Gasteiger partial charge in [-0.05, 0) is 32.1 Å². The van der Waals surface area contributed by atoms with Gasteiger partial charge in [-0.3, -0.25) is 4.79 Å². The van der Waals surface area contributed by atoms with Gasteiger partial charge in [0.2, 0.25) is 5.91 Å². The molecule has 0 unspecified atom stereocenters. The number of hydrogen-bond donors (Lipinski definition) is 2. The van der Waals surface area contributed by atoms with Gasteiger partial charge >= 0.3 is 6.09 Å². The van der Waals surface area contributed by atoms with E-state index in [1.807, 2.05) is 4.90 Å². The van der Waals surface area contributed by atoms with Crippen molar-refractivity contribution in [2.45, 2.75) is 44.2 Å². The number of likely N-dealkylation sites (tertiary alicyclic amines) is 2. The van der Waals surface area contributed by atoms with E-state index in [0.29, 0.717) is 19.6 Å². The van der Waals surface area contributed by atoms with Gasteiger partial charge in [-0.25, -0.2) is 4.79 Å². The fraction of sp³-hybridized carbons (Fsp3) is 0.833. The standard InChI is InChI=1S/C12H21N3O3/c13-10-5-1-2-7-15(11(10)16)9-4-3-6-14(8-9)12(17)18/h9-10H,1-8,13H2,(H,17,18)/t9-,10-/m1/s1. The summed E-state index contributed by atoms with van der Waals surface area (Å²) in [6.07, 6.45) is 3.47. The van der Waals surface area contributed by atoms with Crippen molar-refractivity contribution in [1.82, 2.24) is 9.80 Å². The van der Waals surface area contributed by atoms with Crippen LogP contribution in [0.3, 0.4) is 0 Å². The Bertz CT molecular complexity index is 335. The van der Waals surface area contributed by atoms with Crippen LogP contribution in [-0.4, -0.2) is 58.6 Å². The molecule has 0 aromatic rings. The molecule has 18 heavy (non-hydrogen) atoms. The SMILES string of the molecule is N[C@@H]1CCCCN([C@@H]2CCCN(C(=O)O)C2)C1=O. The number of carboxylic acid groups (broad SMARTS) is 1. The summed E-state index contributed by atoms with van der Waals surface area (Å²) in [5, 5.41) is 9.03. The second-order valence-corrected chi connectivity index (χ2v) is 5.16.